The molecule has 110 valence electrons. The maximum absolute atomic E-state index is 12.5. The van der Waals surface area contributed by atoms with Crippen molar-refractivity contribution in [2.75, 3.05) is 11.1 Å². The van der Waals surface area contributed by atoms with E-state index in [0.29, 0.717) is 11.4 Å². The summed E-state index contributed by atoms with van der Waals surface area (Å²) < 4.78 is 6.76. The number of rotatable bonds is 0. The molecule has 2 aromatic rings. The van der Waals surface area contributed by atoms with Crippen molar-refractivity contribution in [3.05, 3.63) is 34.1 Å². The monoisotopic (exact) mass is 287 g/mol. The Balaban J connectivity index is 2.45. The number of cyclic esters (lactones) is 1. The van der Waals surface area contributed by atoms with E-state index in [1.807, 2.05) is 6.92 Å². The van der Waals surface area contributed by atoms with Gasteiger partial charge in [0.25, 0.3) is 5.56 Å². The van der Waals surface area contributed by atoms with Gasteiger partial charge < -0.3 is 20.4 Å². The van der Waals surface area contributed by atoms with E-state index in [-0.39, 0.29) is 23.3 Å². The topological polar surface area (TPSA) is 86.4 Å². The van der Waals surface area contributed by atoms with Crippen molar-refractivity contribution in [2.24, 2.45) is 7.05 Å². The molecular weight excluding hydrogens is 270 g/mol. The van der Waals surface area contributed by atoms with Crippen molar-refractivity contribution in [3.63, 3.8) is 0 Å². The van der Waals surface area contributed by atoms with Crippen LogP contribution in [0.25, 0.3) is 10.9 Å². The lowest BCUT2D eigenvalue weighted by Gasteiger charge is -2.19. The zero-order valence-electron chi connectivity index (χ0n) is 12.1. The van der Waals surface area contributed by atoms with E-state index in [0.717, 1.165) is 10.9 Å². The van der Waals surface area contributed by atoms with Gasteiger partial charge in [0, 0.05) is 18.1 Å². The number of hydrogen-bond donors (Lipinski definition) is 2. The second kappa shape index (κ2) is 4.51. The van der Waals surface area contributed by atoms with Crippen molar-refractivity contribution in [1.82, 2.24) is 4.57 Å². The van der Waals surface area contributed by atoms with Crippen LogP contribution in [0, 0.1) is 0 Å². The molecule has 1 aromatic heterocycles. The molecule has 6 heteroatoms. The minimum Gasteiger partial charge on any atom is -0.457 e. The van der Waals surface area contributed by atoms with Crippen molar-refractivity contribution < 1.29 is 9.53 Å². The van der Waals surface area contributed by atoms with E-state index in [2.05, 4.69) is 5.32 Å². The van der Waals surface area contributed by atoms with Gasteiger partial charge in [-0.1, -0.05) is 0 Å². The number of benzene rings is 1. The second-order valence-corrected chi connectivity index (χ2v) is 5.43. The molecule has 0 amide bonds. The maximum Gasteiger partial charge on any atom is 0.346 e. The minimum absolute atomic E-state index is 0.0341. The fourth-order valence-electron chi connectivity index (χ4n) is 2.58. The quantitative estimate of drug-likeness (QED) is 0.566. The lowest BCUT2D eigenvalue weighted by molar-refractivity contribution is 0.0325. The molecule has 1 aliphatic heterocycles. The molecule has 0 aliphatic carbocycles. The summed E-state index contributed by atoms with van der Waals surface area (Å²) in [7, 11) is 1.63. The Morgan fingerprint density at radius 1 is 1.29 bits per heavy atom. The molecule has 2 atom stereocenters. The smallest absolute Gasteiger partial charge is 0.346 e. The Kier molecular flexibility index (Phi) is 2.90. The molecule has 3 N–H and O–H groups in total. The molecule has 0 saturated carbocycles. The lowest BCUT2D eigenvalue weighted by Crippen LogP contribution is -2.29. The Labute approximate surface area is 121 Å². The summed E-state index contributed by atoms with van der Waals surface area (Å²) in [5, 5.41) is 3.97. The zero-order valence-corrected chi connectivity index (χ0v) is 12.1. The van der Waals surface area contributed by atoms with E-state index in [1.54, 1.807) is 32.2 Å². The number of nitrogens with one attached hydrogen (secondary N) is 1. The maximum atomic E-state index is 12.5. The predicted molar refractivity (Wildman–Crippen MR) is 81.6 cm³/mol. The summed E-state index contributed by atoms with van der Waals surface area (Å²) in [5.74, 6) is -0.598. The van der Waals surface area contributed by atoms with Crippen LogP contribution in [-0.4, -0.2) is 22.7 Å². The Morgan fingerprint density at radius 3 is 2.71 bits per heavy atom. The molecule has 6 nitrogen and oxygen atoms in total. The molecule has 0 saturated heterocycles. The van der Waals surface area contributed by atoms with Gasteiger partial charge in [0.15, 0.2) is 0 Å². The summed E-state index contributed by atoms with van der Waals surface area (Å²) in [6, 6.07) is 5.16. The molecular formula is C15H17N3O3. The highest BCUT2D eigenvalue weighted by molar-refractivity contribution is 6.06. The molecule has 21 heavy (non-hydrogen) atoms. The molecule has 1 aliphatic rings. The fourth-order valence-corrected chi connectivity index (χ4v) is 2.58. The summed E-state index contributed by atoms with van der Waals surface area (Å²) in [5.41, 5.74) is 7.30. The zero-order chi connectivity index (χ0) is 15.3. The number of hydrogen-bond acceptors (Lipinski definition) is 5. The number of carbonyl (C=O) groups is 1. The van der Waals surface area contributed by atoms with Gasteiger partial charge in [0.1, 0.15) is 11.7 Å². The van der Waals surface area contributed by atoms with Gasteiger partial charge in [-0.2, -0.15) is 0 Å². The van der Waals surface area contributed by atoms with Gasteiger partial charge in [0.2, 0.25) is 0 Å². The van der Waals surface area contributed by atoms with Crippen LogP contribution in [0.4, 0.5) is 11.4 Å². The fraction of sp³-hybridized carbons (Fsp3) is 0.333. The number of carbonyl (C=O) groups excluding carboxylic acids is 1. The molecule has 0 spiro atoms. The molecule has 3 rings (SSSR count). The summed E-state index contributed by atoms with van der Waals surface area (Å²) in [6.45, 7) is 3.70. The largest absolute Gasteiger partial charge is 0.457 e. The van der Waals surface area contributed by atoms with E-state index < -0.39 is 5.97 Å². The number of nitrogens with zero attached hydrogens (tertiary/aromatic N) is 1. The number of pyridine rings is 1. The summed E-state index contributed by atoms with van der Waals surface area (Å²) in [6.07, 6.45) is -0.328. The predicted octanol–water partition coefficient (Wildman–Crippen LogP) is 1.48. The van der Waals surface area contributed by atoms with E-state index in [1.165, 1.54) is 4.57 Å². The van der Waals surface area contributed by atoms with Crippen molar-refractivity contribution in [2.45, 2.75) is 26.0 Å². The molecule has 0 bridgehead atoms. The normalized spacial score (nSPS) is 21.4. The van der Waals surface area contributed by atoms with Crippen molar-refractivity contribution >= 4 is 28.2 Å². The van der Waals surface area contributed by atoms with Gasteiger partial charge in [-0.05, 0) is 32.0 Å². The average Bonchev–Trinajstić information content (AvgIpc) is 2.54. The van der Waals surface area contributed by atoms with Crippen LogP contribution >= 0.6 is 0 Å². The summed E-state index contributed by atoms with van der Waals surface area (Å²) in [4.78, 5) is 24.7. The van der Waals surface area contributed by atoms with Crippen LogP contribution in [0.5, 0.6) is 0 Å². The van der Waals surface area contributed by atoms with E-state index in [9.17, 15) is 9.59 Å². The number of anilines is 2. The number of nitrogens with two attached hydrogens (primary N) is 1. The minimum atomic E-state index is -0.598. The number of nitrogen functional groups attached to an aromatic ring is 1. The Morgan fingerprint density at radius 2 is 2.00 bits per heavy atom. The van der Waals surface area contributed by atoms with Crippen LogP contribution < -0.4 is 16.6 Å². The van der Waals surface area contributed by atoms with Gasteiger partial charge in [-0.25, -0.2) is 4.79 Å². The SMILES string of the molecule is CC1Nc2c(c(=O)n(C)c3ccc(N)cc23)C(=O)OC1C. The first kappa shape index (κ1) is 13.5. The van der Waals surface area contributed by atoms with Crippen molar-refractivity contribution in [3.8, 4) is 0 Å². The molecule has 0 radical (unpaired) electrons. The van der Waals surface area contributed by atoms with Gasteiger partial charge in [-0.3, -0.25) is 4.79 Å². The third-order valence-corrected chi connectivity index (χ3v) is 3.99. The Bertz CT molecular complexity index is 810. The highest BCUT2D eigenvalue weighted by atomic mass is 16.5. The van der Waals surface area contributed by atoms with Gasteiger partial charge in [0.05, 0.1) is 17.2 Å². The number of esters is 1. The van der Waals surface area contributed by atoms with E-state index >= 15 is 0 Å². The molecule has 2 unspecified atom stereocenters. The van der Waals surface area contributed by atoms with Gasteiger partial charge >= 0.3 is 5.97 Å². The number of aryl methyl sites for hydroxylation is 1. The summed E-state index contributed by atoms with van der Waals surface area (Å²) >= 11 is 0. The average molecular weight is 287 g/mol. The van der Waals surface area contributed by atoms with Crippen LogP contribution in [0.2, 0.25) is 0 Å². The Hall–Kier alpha value is -2.50. The number of aromatic nitrogens is 1. The third-order valence-electron chi connectivity index (χ3n) is 3.99. The molecule has 1 aromatic carbocycles. The molecule has 2 heterocycles. The first-order chi connectivity index (χ1) is 9.90. The number of ether oxygens (including phenoxy) is 1. The van der Waals surface area contributed by atoms with Crippen LogP contribution in [0.15, 0.2) is 23.0 Å². The highest BCUT2D eigenvalue weighted by Crippen LogP contribution is 2.30. The second-order valence-electron chi connectivity index (χ2n) is 5.43. The third kappa shape index (κ3) is 1.94. The first-order valence-electron chi connectivity index (χ1n) is 6.80. The lowest BCUT2D eigenvalue weighted by atomic mass is 10.1. The number of fused-ring (bicyclic) bond motifs is 3. The van der Waals surface area contributed by atoms with Crippen LogP contribution in [0.3, 0.4) is 0 Å². The van der Waals surface area contributed by atoms with Crippen molar-refractivity contribution in [1.29, 1.82) is 0 Å². The van der Waals surface area contributed by atoms with Crippen LogP contribution in [-0.2, 0) is 11.8 Å². The standard InChI is InChI=1S/C15H17N3O3/c1-7-8(2)21-15(20)12-13(17-7)10-6-9(16)4-5-11(10)18(3)14(12)19/h4-8,17H,16H2,1-3H3. The highest BCUT2D eigenvalue weighted by Gasteiger charge is 2.30. The van der Waals surface area contributed by atoms with E-state index in [4.69, 9.17) is 10.5 Å². The molecule has 0 fully saturated rings. The van der Waals surface area contributed by atoms with Crippen LogP contribution in [0.1, 0.15) is 24.2 Å². The first-order valence-corrected chi connectivity index (χ1v) is 6.80. The van der Waals surface area contributed by atoms with Gasteiger partial charge in [-0.15, -0.1) is 0 Å².